The van der Waals surface area contributed by atoms with Gasteiger partial charge in [0.1, 0.15) is 11.3 Å². The summed E-state index contributed by atoms with van der Waals surface area (Å²) in [5, 5.41) is 10.8. The van der Waals surface area contributed by atoms with Crippen molar-refractivity contribution in [3.8, 4) is 5.75 Å². The second-order valence-corrected chi connectivity index (χ2v) is 6.33. The van der Waals surface area contributed by atoms with Gasteiger partial charge in [-0.05, 0) is 49.1 Å². The van der Waals surface area contributed by atoms with Gasteiger partial charge in [-0.3, -0.25) is 0 Å². The van der Waals surface area contributed by atoms with Gasteiger partial charge in [-0.2, -0.15) is 0 Å². The van der Waals surface area contributed by atoms with Crippen LogP contribution < -0.4 is 10.5 Å². The maximum Gasteiger partial charge on any atom is 0.336 e. The van der Waals surface area contributed by atoms with E-state index >= 15 is 0 Å². The second kappa shape index (κ2) is 5.71. The van der Waals surface area contributed by atoms with Crippen LogP contribution in [0, 0.1) is 6.92 Å². The first-order valence-corrected chi connectivity index (χ1v) is 8.21. The summed E-state index contributed by atoms with van der Waals surface area (Å²) < 4.78 is 5.34. The van der Waals surface area contributed by atoms with E-state index in [0.29, 0.717) is 17.7 Å². The molecule has 1 N–H and O–H groups in total. The van der Waals surface area contributed by atoms with Gasteiger partial charge in [-0.15, -0.1) is 0 Å². The van der Waals surface area contributed by atoms with Crippen LogP contribution in [-0.4, -0.2) is 11.7 Å². The average Bonchev–Trinajstić information content (AvgIpc) is 2.59. The number of nitrogens with zero attached hydrogens (tertiary/aromatic N) is 1. The van der Waals surface area contributed by atoms with Crippen molar-refractivity contribution in [3.05, 3.63) is 69.6 Å². The van der Waals surface area contributed by atoms with E-state index in [1.807, 2.05) is 6.07 Å². The van der Waals surface area contributed by atoms with Crippen LogP contribution in [0.25, 0.3) is 11.0 Å². The molecule has 3 aromatic rings. The molecule has 4 nitrogen and oxygen atoms in total. The number of phenolic OH excluding ortho intramolecular Hbond substituents is 1. The van der Waals surface area contributed by atoms with Crippen molar-refractivity contribution in [1.82, 2.24) is 0 Å². The van der Waals surface area contributed by atoms with Gasteiger partial charge >= 0.3 is 5.63 Å². The predicted octanol–water partition coefficient (Wildman–Crippen LogP) is 3.76. The zero-order valence-corrected chi connectivity index (χ0v) is 13.6. The van der Waals surface area contributed by atoms with E-state index in [2.05, 4.69) is 29.2 Å². The highest BCUT2D eigenvalue weighted by atomic mass is 16.4. The second-order valence-electron chi connectivity index (χ2n) is 6.33. The van der Waals surface area contributed by atoms with E-state index in [4.69, 9.17) is 4.42 Å². The normalized spacial score (nSPS) is 14.0. The predicted molar refractivity (Wildman–Crippen MR) is 94.7 cm³/mol. The fourth-order valence-electron chi connectivity index (χ4n) is 3.53. The summed E-state index contributed by atoms with van der Waals surface area (Å²) in [6.07, 6.45) is 2.20. The molecule has 0 fully saturated rings. The molecule has 2 heterocycles. The van der Waals surface area contributed by atoms with Gasteiger partial charge in [0.05, 0.1) is 0 Å². The molecule has 1 aromatic heterocycles. The third-order valence-corrected chi connectivity index (χ3v) is 4.79. The molecule has 0 saturated carbocycles. The summed E-state index contributed by atoms with van der Waals surface area (Å²) in [6.45, 7) is 3.39. The zero-order valence-electron chi connectivity index (χ0n) is 13.6. The number of rotatable bonds is 2. The summed E-state index contributed by atoms with van der Waals surface area (Å²) in [7, 11) is 0. The van der Waals surface area contributed by atoms with Crippen molar-refractivity contribution in [3.63, 3.8) is 0 Å². The van der Waals surface area contributed by atoms with Crippen LogP contribution >= 0.6 is 0 Å². The summed E-state index contributed by atoms with van der Waals surface area (Å²) in [6, 6.07) is 13.5. The molecular weight excluding hydrogens is 302 g/mol. The van der Waals surface area contributed by atoms with Crippen molar-refractivity contribution in [1.29, 1.82) is 0 Å². The number of phenols is 1. The summed E-state index contributed by atoms with van der Waals surface area (Å²) in [4.78, 5) is 14.3. The molecule has 0 unspecified atom stereocenters. The monoisotopic (exact) mass is 321 g/mol. The summed E-state index contributed by atoms with van der Waals surface area (Å²) in [5.41, 5.74) is 4.22. The molecule has 0 bridgehead atoms. The van der Waals surface area contributed by atoms with Gasteiger partial charge in [0, 0.05) is 35.8 Å². The van der Waals surface area contributed by atoms with Crippen molar-refractivity contribution < 1.29 is 9.52 Å². The number of aryl methyl sites for hydroxylation is 2. The molecule has 0 spiro atoms. The molecule has 24 heavy (non-hydrogen) atoms. The van der Waals surface area contributed by atoms with E-state index in [9.17, 15) is 9.90 Å². The fourth-order valence-corrected chi connectivity index (χ4v) is 3.53. The number of aromatic hydroxyl groups is 1. The van der Waals surface area contributed by atoms with Gasteiger partial charge in [-0.1, -0.05) is 18.2 Å². The number of hydrogen-bond donors (Lipinski definition) is 1. The van der Waals surface area contributed by atoms with Crippen LogP contribution in [0.5, 0.6) is 5.75 Å². The highest BCUT2D eigenvalue weighted by Gasteiger charge is 2.18. The van der Waals surface area contributed by atoms with Crippen molar-refractivity contribution in [2.45, 2.75) is 26.3 Å². The Morgan fingerprint density at radius 1 is 1.21 bits per heavy atom. The third kappa shape index (κ3) is 2.44. The Kier molecular flexibility index (Phi) is 3.53. The van der Waals surface area contributed by atoms with E-state index in [0.717, 1.165) is 30.3 Å². The molecule has 2 aromatic carbocycles. The number of hydrogen-bond acceptors (Lipinski definition) is 4. The van der Waals surface area contributed by atoms with Gasteiger partial charge in [0.2, 0.25) is 0 Å². The van der Waals surface area contributed by atoms with Crippen molar-refractivity contribution >= 4 is 16.7 Å². The minimum Gasteiger partial charge on any atom is -0.508 e. The highest BCUT2D eigenvalue weighted by molar-refractivity contribution is 5.85. The Morgan fingerprint density at radius 3 is 2.92 bits per heavy atom. The number of para-hydroxylation sites is 1. The van der Waals surface area contributed by atoms with Crippen LogP contribution in [0.15, 0.2) is 51.7 Å². The SMILES string of the molecule is Cc1c(O)ccc2c(CN3CCCc4ccccc43)cc(=O)oc12. The molecule has 4 heteroatoms. The maximum absolute atomic E-state index is 12.0. The van der Waals surface area contributed by atoms with Crippen LogP contribution in [0.3, 0.4) is 0 Å². The Balaban J connectivity index is 1.81. The topological polar surface area (TPSA) is 53.7 Å². The van der Waals surface area contributed by atoms with Gasteiger partial charge in [0.15, 0.2) is 0 Å². The maximum atomic E-state index is 12.0. The zero-order chi connectivity index (χ0) is 16.7. The largest absolute Gasteiger partial charge is 0.508 e. The standard InChI is InChI=1S/C20H19NO3/c1-13-18(22)9-8-16-15(11-19(23)24-20(13)16)12-21-10-4-6-14-5-2-3-7-17(14)21/h2-3,5,7-9,11,22H,4,6,10,12H2,1H3. The van der Waals surface area contributed by atoms with Crippen LogP contribution in [0.1, 0.15) is 23.1 Å². The number of benzene rings is 2. The van der Waals surface area contributed by atoms with E-state index < -0.39 is 0 Å². The molecule has 0 radical (unpaired) electrons. The first kappa shape index (κ1) is 14.8. The molecule has 122 valence electrons. The van der Waals surface area contributed by atoms with E-state index in [-0.39, 0.29) is 11.4 Å². The van der Waals surface area contributed by atoms with Gasteiger partial charge in [-0.25, -0.2) is 4.79 Å². The fraction of sp³-hybridized carbons (Fsp3) is 0.250. The lowest BCUT2D eigenvalue weighted by molar-refractivity contribution is 0.468. The number of anilines is 1. The Morgan fingerprint density at radius 2 is 2.04 bits per heavy atom. The molecule has 4 rings (SSSR count). The number of fused-ring (bicyclic) bond motifs is 2. The molecule has 0 saturated heterocycles. The lowest BCUT2D eigenvalue weighted by atomic mass is 10.00. The minimum absolute atomic E-state index is 0.145. The molecule has 0 aliphatic carbocycles. The minimum atomic E-state index is -0.378. The smallest absolute Gasteiger partial charge is 0.336 e. The van der Waals surface area contributed by atoms with Crippen molar-refractivity contribution in [2.24, 2.45) is 0 Å². The van der Waals surface area contributed by atoms with Crippen LogP contribution in [0.4, 0.5) is 5.69 Å². The summed E-state index contributed by atoms with van der Waals surface area (Å²) in [5.74, 6) is 0.145. The Hall–Kier alpha value is -2.75. The average molecular weight is 321 g/mol. The molecule has 0 amide bonds. The Labute approximate surface area is 140 Å². The summed E-state index contributed by atoms with van der Waals surface area (Å²) >= 11 is 0. The third-order valence-electron chi connectivity index (χ3n) is 4.79. The van der Waals surface area contributed by atoms with Crippen LogP contribution in [0.2, 0.25) is 0 Å². The molecule has 1 aliphatic rings. The Bertz CT molecular complexity index is 974. The quantitative estimate of drug-likeness (QED) is 0.730. The van der Waals surface area contributed by atoms with E-state index in [1.54, 1.807) is 19.1 Å². The molecular formula is C20H19NO3. The first-order valence-electron chi connectivity index (χ1n) is 8.21. The van der Waals surface area contributed by atoms with E-state index in [1.165, 1.54) is 11.3 Å². The highest BCUT2D eigenvalue weighted by Crippen LogP contribution is 2.31. The van der Waals surface area contributed by atoms with Crippen LogP contribution in [-0.2, 0) is 13.0 Å². The van der Waals surface area contributed by atoms with Gasteiger partial charge in [0.25, 0.3) is 0 Å². The molecule has 1 aliphatic heterocycles. The van der Waals surface area contributed by atoms with Crippen molar-refractivity contribution in [2.75, 3.05) is 11.4 Å². The first-order chi connectivity index (χ1) is 11.6. The lowest BCUT2D eigenvalue weighted by Crippen LogP contribution is -2.29. The molecule has 0 atom stereocenters. The lowest BCUT2D eigenvalue weighted by Gasteiger charge is -2.31. The van der Waals surface area contributed by atoms with Gasteiger partial charge < -0.3 is 14.4 Å².